The van der Waals surface area contributed by atoms with Crippen LogP contribution in [0.2, 0.25) is 0 Å². The van der Waals surface area contributed by atoms with E-state index in [4.69, 9.17) is 0 Å². The van der Waals surface area contributed by atoms with Gasteiger partial charge in [-0.05, 0) is 48.9 Å². The average Bonchev–Trinajstić information content (AvgIpc) is 3.33. The number of nitrogens with zero attached hydrogens (tertiary/aromatic N) is 2. The third-order valence-corrected chi connectivity index (χ3v) is 8.18. The number of hydrogen-bond acceptors (Lipinski definition) is 1. The summed E-state index contributed by atoms with van der Waals surface area (Å²) in [6, 6.07) is 22.6. The van der Waals surface area contributed by atoms with Crippen LogP contribution in [0.4, 0.5) is 0 Å². The molecule has 0 bridgehead atoms. The predicted molar refractivity (Wildman–Crippen MR) is 133 cm³/mol. The Morgan fingerprint density at radius 1 is 1.03 bits per heavy atom. The number of rotatable bonds is 4. The van der Waals surface area contributed by atoms with Crippen molar-refractivity contribution >= 4 is 23.0 Å². The molecule has 32 heavy (non-hydrogen) atoms. The van der Waals surface area contributed by atoms with E-state index in [1.54, 1.807) is 5.57 Å². The van der Waals surface area contributed by atoms with E-state index in [1.165, 1.54) is 33.8 Å². The van der Waals surface area contributed by atoms with Gasteiger partial charge in [0.1, 0.15) is 0 Å². The fourth-order valence-corrected chi connectivity index (χ4v) is 6.79. The first-order valence-corrected chi connectivity index (χ1v) is 12.6. The van der Waals surface area contributed by atoms with Crippen molar-refractivity contribution < 1.29 is 9.13 Å². The summed E-state index contributed by atoms with van der Waals surface area (Å²) in [7, 11) is 0. The SMILES string of the molecule is CC/C=C(\C)c1cccc[n+]1C1=C(C2CC=CS2)C2c3ccccc3-c3cccc[n+]3C12. The van der Waals surface area contributed by atoms with E-state index in [0.29, 0.717) is 17.2 Å². The molecule has 0 saturated carbocycles. The predicted octanol–water partition coefficient (Wildman–Crippen LogP) is 6.32. The van der Waals surface area contributed by atoms with Crippen LogP contribution in [0.25, 0.3) is 22.5 Å². The minimum Gasteiger partial charge on any atom is -0.184 e. The normalized spacial score (nSPS) is 23.4. The Balaban J connectivity index is 1.63. The first-order valence-electron chi connectivity index (χ1n) is 11.6. The van der Waals surface area contributed by atoms with Crippen molar-refractivity contribution in [3.63, 3.8) is 0 Å². The van der Waals surface area contributed by atoms with Gasteiger partial charge in [0.05, 0.1) is 11.5 Å². The Morgan fingerprint density at radius 2 is 1.84 bits per heavy atom. The largest absolute Gasteiger partial charge is 0.258 e. The van der Waals surface area contributed by atoms with Gasteiger partial charge in [-0.15, -0.1) is 11.8 Å². The van der Waals surface area contributed by atoms with Crippen molar-refractivity contribution in [3.05, 3.63) is 107 Å². The minimum atomic E-state index is 0.317. The molecular weight excluding hydrogens is 408 g/mol. The van der Waals surface area contributed by atoms with Crippen molar-refractivity contribution in [1.29, 1.82) is 0 Å². The molecule has 0 fully saturated rings. The number of benzene rings is 1. The van der Waals surface area contributed by atoms with Crippen LogP contribution in [0.15, 0.2) is 96.2 Å². The summed E-state index contributed by atoms with van der Waals surface area (Å²) in [4.78, 5) is 0. The minimum absolute atomic E-state index is 0.317. The molecule has 0 N–H and O–H groups in total. The lowest BCUT2D eigenvalue weighted by molar-refractivity contribution is -0.734. The van der Waals surface area contributed by atoms with E-state index in [9.17, 15) is 0 Å². The van der Waals surface area contributed by atoms with Gasteiger partial charge in [0.25, 0.3) is 11.7 Å². The highest BCUT2D eigenvalue weighted by Gasteiger charge is 2.60. The average molecular weight is 437 g/mol. The molecule has 2 nitrogen and oxygen atoms in total. The molecule has 1 aromatic carbocycles. The van der Waals surface area contributed by atoms with Crippen LogP contribution >= 0.6 is 11.8 Å². The second-order valence-corrected chi connectivity index (χ2v) is 9.94. The van der Waals surface area contributed by atoms with E-state index in [0.717, 1.165) is 12.8 Å². The van der Waals surface area contributed by atoms with Gasteiger partial charge in [0, 0.05) is 40.7 Å². The third-order valence-electron chi connectivity index (χ3n) is 7.06. The second kappa shape index (κ2) is 7.90. The van der Waals surface area contributed by atoms with Gasteiger partial charge in [0.2, 0.25) is 11.4 Å². The molecule has 3 unspecified atom stereocenters. The molecule has 2 aromatic heterocycles. The summed E-state index contributed by atoms with van der Waals surface area (Å²) >= 11 is 1.99. The molecule has 2 aliphatic heterocycles. The highest BCUT2D eigenvalue weighted by Crippen LogP contribution is 2.57. The Kier molecular flexibility index (Phi) is 4.87. The first-order chi connectivity index (χ1) is 15.8. The topological polar surface area (TPSA) is 7.76 Å². The summed E-state index contributed by atoms with van der Waals surface area (Å²) < 4.78 is 5.00. The fourth-order valence-electron chi connectivity index (χ4n) is 5.74. The van der Waals surface area contributed by atoms with Gasteiger partial charge in [0.15, 0.2) is 12.4 Å². The number of allylic oxidation sites excluding steroid dienone is 4. The number of thioether (sulfide) groups is 1. The molecule has 0 saturated heterocycles. The molecule has 3 aromatic rings. The lowest BCUT2D eigenvalue weighted by Gasteiger charge is -2.40. The standard InChI is InChI=1S/C29H28N2S/c1-3-11-20(2)23-14-6-8-17-30(23)29-27(25-16-10-19-32-25)26-22-13-5-4-12-21(22)24-15-7-9-18-31(24)28(26)29/h4-15,17-19,25-26,28H,3,16H2,1-2H3/q+2/b20-11+. The van der Waals surface area contributed by atoms with E-state index < -0.39 is 0 Å². The van der Waals surface area contributed by atoms with Crippen molar-refractivity contribution in [2.75, 3.05) is 0 Å². The van der Waals surface area contributed by atoms with Crippen LogP contribution in [0, 0.1) is 0 Å². The summed E-state index contributed by atoms with van der Waals surface area (Å²) in [6.45, 7) is 4.46. The van der Waals surface area contributed by atoms with Crippen LogP contribution < -0.4 is 9.13 Å². The molecule has 3 heteroatoms. The summed E-state index contributed by atoms with van der Waals surface area (Å²) in [5.74, 6) is 0.425. The molecule has 3 aliphatic rings. The zero-order valence-electron chi connectivity index (χ0n) is 18.6. The molecule has 4 heterocycles. The van der Waals surface area contributed by atoms with Gasteiger partial charge in [-0.1, -0.05) is 37.3 Å². The molecule has 1 aliphatic carbocycles. The van der Waals surface area contributed by atoms with E-state index in [-0.39, 0.29) is 0 Å². The lowest BCUT2D eigenvalue weighted by Crippen LogP contribution is -2.60. The number of aromatic nitrogens is 2. The summed E-state index contributed by atoms with van der Waals surface area (Å²) in [5, 5.41) is 2.80. The zero-order valence-corrected chi connectivity index (χ0v) is 19.4. The van der Waals surface area contributed by atoms with Crippen LogP contribution in [0.5, 0.6) is 0 Å². The molecule has 6 rings (SSSR count). The van der Waals surface area contributed by atoms with Gasteiger partial charge in [-0.2, -0.15) is 9.13 Å². The van der Waals surface area contributed by atoms with Gasteiger partial charge >= 0.3 is 0 Å². The van der Waals surface area contributed by atoms with E-state index >= 15 is 0 Å². The molecule has 0 amide bonds. The molecule has 0 radical (unpaired) electrons. The number of pyridine rings is 2. The van der Waals surface area contributed by atoms with Crippen molar-refractivity contribution in [2.45, 2.75) is 43.9 Å². The lowest BCUT2D eigenvalue weighted by atomic mass is 9.66. The highest BCUT2D eigenvalue weighted by molar-refractivity contribution is 8.03. The van der Waals surface area contributed by atoms with Crippen molar-refractivity contribution in [2.24, 2.45) is 0 Å². The van der Waals surface area contributed by atoms with Gasteiger partial charge < -0.3 is 0 Å². The molecular formula is C29H28N2S+2. The quantitative estimate of drug-likeness (QED) is 0.434. The smallest absolute Gasteiger partial charge is 0.184 e. The molecule has 3 atom stereocenters. The first kappa shape index (κ1) is 19.8. The van der Waals surface area contributed by atoms with Crippen LogP contribution in [-0.2, 0) is 0 Å². The van der Waals surface area contributed by atoms with Crippen molar-refractivity contribution in [1.82, 2.24) is 0 Å². The van der Waals surface area contributed by atoms with E-state index in [2.05, 4.69) is 114 Å². The maximum Gasteiger partial charge on any atom is 0.258 e. The maximum atomic E-state index is 2.52. The summed E-state index contributed by atoms with van der Waals surface area (Å²) in [6.07, 6.45) is 11.4. The van der Waals surface area contributed by atoms with Crippen LogP contribution in [-0.4, -0.2) is 5.25 Å². The maximum absolute atomic E-state index is 2.52. The highest BCUT2D eigenvalue weighted by atomic mass is 32.2. The Hall–Kier alpha value is -2.91. The van der Waals surface area contributed by atoms with Gasteiger partial charge in [-0.3, -0.25) is 0 Å². The fraction of sp³-hybridized carbons (Fsp3) is 0.241. The Morgan fingerprint density at radius 3 is 2.69 bits per heavy atom. The zero-order chi connectivity index (χ0) is 21.7. The number of hydrogen-bond donors (Lipinski definition) is 0. The van der Waals surface area contributed by atoms with Crippen molar-refractivity contribution in [3.8, 4) is 11.3 Å². The third kappa shape index (κ3) is 2.87. The Labute approximate surface area is 194 Å². The molecule has 0 spiro atoms. The van der Waals surface area contributed by atoms with Gasteiger partial charge in [-0.25, -0.2) is 0 Å². The van der Waals surface area contributed by atoms with Crippen LogP contribution in [0.1, 0.15) is 49.9 Å². The van der Waals surface area contributed by atoms with E-state index in [1.807, 2.05) is 11.8 Å². The van der Waals surface area contributed by atoms with Crippen LogP contribution in [0.3, 0.4) is 0 Å². The molecule has 158 valence electrons. The number of fused-ring (bicyclic) bond motifs is 6. The summed E-state index contributed by atoms with van der Waals surface area (Å²) in [5.41, 5.74) is 9.88. The monoisotopic (exact) mass is 436 g/mol. The Bertz CT molecular complexity index is 1290. The second-order valence-electron chi connectivity index (χ2n) is 8.83.